The number of carbonyl (C=O) groups excluding carboxylic acids is 1. The zero-order chi connectivity index (χ0) is 16.2. The van der Waals surface area contributed by atoms with E-state index in [0.717, 1.165) is 5.56 Å². The third-order valence-corrected chi connectivity index (χ3v) is 5.12. The van der Waals surface area contributed by atoms with Crippen molar-refractivity contribution in [3.8, 4) is 0 Å². The van der Waals surface area contributed by atoms with Crippen molar-refractivity contribution in [2.24, 2.45) is 5.92 Å². The molecule has 1 heterocycles. The molecule has 0 aromatic heterocycles. The highest BCUT2D eigenvalue weighted by molar-refractivity contribution is 7.88. The van der Waals surface area contributed by atoms with Gasteiger partial charge < -0.3 is 5.32 Å². The fourth-order valence-electron chi connectivity index (χ4n) is 2.58. The Morgan fingerprint density at radius 1 is 1.36 bits per heavy atom. The number of hydrogen-bond acceptors (Lipinski definition) is 3. The quantitative estimate of drug-likeness (QED) is 0.882. The molecule has 0 spiro atoms. The minimum absolute atomic E-state index is 0.115. The highest BCUT2D eigenvalue weighted by Gasteiger charge is 2.29. The number of piperidine rings is 1. The van der Waals surface area contributed by atoms with Crippen molar-refractivity contribution in [3.63, 3.8) is 0 Å². The first-order valence-corrected chi connectivity index (χ1v) is 9.18. The van der Waals surface area contributed by atoms with E-state index in [1.165, 1.54) is 22.7 Å². The van der Waals surface area contributed by atoms with Gasteiger partial charge in [-0.1, -0.05) is 12.1 Å². The predicted octanol–water partition coefficient (Wildman–Crippen LogP) is 1.16. The minimum atomic E-state index is -3.24. The highest BCUT2D eigenvalue weighted by Crippen LogP contribution is 2.18. The fraction of sp³-hybridized carbons (Fsp3) is 0.533. The maximum Gasteiger partial charge on any atom is 0.224 e. The molecule has 1 aliphatic rings. The molecule has 1 saturated heterocycles. The first kappa shape index (κ1) is 16.9. The second-order valence-electron chi connectivity index (χ2n) is 5.63. The molecule has 122 valence electrons. The van der Waals surface area contributed by atoms with Crippen LogP contribution in [0.5, 0.6) is 0 Å². The first-order valence-electron chi connectivity index (χ1n) is 7.33. The summed E-state index contributed by atoms with van der Waals surface area (Å²) in [6, 6.07) is 6.16. The molecule has 0 bridgehead atoms. The Bertz CT molecular complexity index is 616. The van der Waals surface area contributed by atoms with Crippen LogP contribution < -0.4 is 5.32 Å². The standard InChI is InChI=1S/C15H21FN2O3S/c1-22(20,21)18-10-2-3-13(11-18)15(19)17-9-8-12-4-6-14(16)7-5-12/h4-7,13H,2-3,8-11H2,1H3,(H,17,19)/t13-/m0/s1. The van der Waals surface area contributed by atoms with Crippen LogP contribution in [-0.4, -0.2) is 44.5 Å². The molecule has 1 aliphatic heterocycles. The Hall–Kier alpha value is -1.47. The summed E-state index contributed by atoms with van der Waals surface area (Å²) in [5, 5.41) is 2.83. The Labute approximate surface area is 130 Å². The summed E-state index contributed by atoms with van der Waals surface area (Å²) in [6.45, 7) is 1.19. The van der Waals surface area contributed by atoms with Gasteiger partial charge in [0.25, 0.3) is 0 Å². The van der Waals surface area contributed by atoms with Gasteiger partial charge in [-0.25, -0.2) is 17.1 Å². The van der Waals surface area contributed by atoms with Gasteiger partial charge in [-0.3, -0.25) is 4.79 Å². The summed E-state index contributed by atoms with van der Waals surface area (Å²) in [4.78, 5) is 12.1. The third kappa shape index (κ3) is 4.78. The lowest BCUT2D eigenvalue weighted by Gasteiger charge is -2.30. The summed E-state index contributed by atoms with van der Waals surface area (Å²) < 4.78 is 37.2. The Balaban J connectivity index is 1.80. The molecule has 0 unspecified atom stereocenters. The molecule has 1 N–H and O–H groups in total. The molecule has 1 amide bonds. The van der Waals surface area contributed by atoms with Crippen molar-refractivity contribution in [1.29, 1.82) is 0 Å². The van der Waals surface area contributed by atoms with Crippen LogP contribution in [0.1, 0.15) is 18.4 Å². The molecule has 1 atom stereocenters. The number of hydrogen-bond donors (Lipinski definition) is 1. The van der Waals surface area contributed by atoms with Crippen LogP contribution in [0.2, 0.25) is 0 Å². The van der Waals surface area contributed by atoms with Gasteiger partial charge >= 0.3 is 0 Å². The van der Waals surface area contributed by atoms with Crippen molar-refractivity contribution in [3.05, 3.63) is 35.6 Å². The van der Waals surface area contributed by atoms with E-state index in [-0.39, 0.29) is 24.2 Å². The molecule has 1 fully saturated rings. The normalized spacial score (nSPS) is 19.8. The molecule has 22 heavy (non-hydrogen) atoms. The van der Waals surface area contributed by atoms with Crippen molar-refractivity contribution in [2.75, 3.05) is 25.9 Å². The number of halogens is 1. The number of rotatable bonds is 5. The van der Waals surface area contributed by atoms with E-state index in [4.69, 9.17) is 0 Å². The van der Waals surface area contributed by atoms with E-state index >= 15 is 0 Å². The van der Waals surface area contributed by atoms with Gasteiger partial charge in [0.2, 0.25) is 15.9 Å². The Morgan fingerprint density at radius 2 is 2.05 bits per heavy atom. The molecule has 5 nitrogen and oxygen atoms in total. The van der Waals surface area contributed by atoms with Gasteiger partial charge in [-0.15, -0.1) is 0 Å². The smallest absolute Gasteiger partial charge is 0.224 e. The monoisotopic (exact) mass is 328 g/mol. The lowest BCUT2D eigenvalue weighted by molar-refractivity contribution is -0.126. The molecule has 0 aliphatic carbocycles. The number of nitrogens with one attached hydrogen (secondary N) is 1. The van der Waals surface area contributed by atoms with E-state index in [1.54, 1.807) is 12.1 Å². The lowest BCUT2D eigenvalue weighted by atomic mass is 9.99. The second-order valence-corrected chi connectivity index (χ2v) is 7.61. The maximum absolute atomic E-state index is 12.8. The Kier molecular flexibility index (Phi) is 5.52. The Morgan fingerprint density at radius 3 is 2.68 bits per heavy atom. The van der Waals surface area contributed by atoms with Crippen LogP contribution in [0.4, 0.5) is 4.39 Å². The summed E-state index contributed by atoms with van der Waals surface area (Å²) in [7, 11) is -3.24. The largest absolute Gasteiger partial charge is 0.355 e. The van der Waals surface area contributed by atoms with E-state index in [1.807, 2.05) is 0 Å². The van der Waals surface area contributed by atoms with Gasteiger partial charge in [-0.05, 0) is 37.0 Å². The average molecular weight is 328 g/mol. The fourth-order valence-corrected chi connectivity index (χ4v) is 3.49. The van der Waals surface area contributed by atoms with Gasteiger partial charge in [0, 0.05) is 19.6 Å². The molecule has 0 radical (unpaired) electrons. The molecular formula is C15H21FN2O3S. The van der Waals surface area contributed by atoms with E-state index < -0.39 is 10.0 Å². The predicted molar refractivity (Wildman–Crippen MR) is 82.3 cm³/mol. The molecule has 0 saturated carbocycles. The van der Waals surface area contributed by atoms with Gasteiger partial charge in [0.15, 0.2) is 0 Å². The maximum atomic E-state index is 12.8. The van der Waals surface area contributed by atoms with Crippen LogP contribution in [0.3, 0.4) is 0 Å². The number of nitrogens with zero attached hydrogens (tertiary/aromatic N) is 1. The molecule has 2 rings (SSSR count). The van der Waals surface area contributed by atoms with Gasteiger partial charge in [0.1, 0.15) is 5.82 Å². The lowest BCUT2D eigenvalue weighted by Crippen LogP contribution is -2.45. The zero-order valence-corrected chi connectivity index (χ0v) is 13.4. The number of benzene rings is 1. The van der Waals surface area contributed by atoms with Crippen LogP contribution >= 0.6 is 0 Å². The van der Waals surface area contributed by atoms with Crippen LogP contribution in [0.15, 0.2) is 24.3 Å². The van der Waals surface area contributed by atoms with E-state index in [2.05, 4.69) is 5.32 Å². The second kappa shape index (κ2) is 7.19. The van der Waals surface area contributed by atoms with Crippen LogP contribution in [0, 0.1) is 11.7 Å². The van der Waals surface area contributed by atoms with Crippen LogP contribution in [-0.2, 0) is 21.2 Å². The third-order valence-electron chi connectivity index (χ3n) is 3.85. The van der Waals surface area contributed by atoms with E-state index in [0.29, 0.717) is 32.4 Å². The summed E-state index contributed by atoms with van der Waals surface area (Å²) in [6.07, 6.45) is 3.19. The van der Waals surface area contributed by atoms with Crippen molar-refractivity contribution >= 4 is 15.9 Å². The molecule has 7 heteroatoms. The topological polar surface area (TPSA) is 66.5 Å². The average Bonchev–Trinajstić information content (AvgIpc) is 2.48. The summed E-state index contributed by atoms with van der Waals surface area (Å²) in [5.74, 6) is -0.692. The number of sulfonamides is 1. The SMILES string of the molecule is CS(=O)(=O)N1CCC[C@H](C(=O)NCCc2ccc(F)cc2)C1. The van der Waals surface area contributed by atoms with Gasteiger partial charge in [0.05, 0.1) is 12.2 Å². The van der Waals surface area contributed by atoms with E-state index in [9.17, 15) is 17.6 Å². The number of amides is 1. The highest BCUT2D eigenvalue weighted by atomic mass is 32.2. The van der Waals surface area contributed by atoms with Crippen molar-refractivity contribution in [1.82, 2.24) is 9.62 Å². The van der Waals surface area contributed by atoms with Crippen molar-refractivity contribution < 1.29 is 17.6 Å². The molecule has 1 aromatic rings. The summed E-state index contributed by atoms with van der Waals surface area (Å²) >= 11 is 0. The zero-order valence-electron chi connectivity index (χ0n) is 12.6. The molecular weight excluding hydrogens is 307 g/mol. The minimum Gasteiger partial charge on any atom is -0.355 e. The van der Waals surface area contributed by atoms with Crippen LogP contribution in [0.25, 0.3) is 0 Å². The van der Waals surface area contributed by atoms with Crippen molar-refractivity contribution in [2.45, 2.75) is 19.3 Å². The first-order chi connectivity index (χ1) is 10.4. The number of carbonyl (C=O) groups is 1. The summed E-state index contributed by atoms with van der Waals surface area (Å²) in [5.41, 5.74) is 0.947. The van der Waals surface area contributed by atoms with Gasteiger partial charge in [-0.2, -0.15) is 0 Å². The molecule has 1 aromatic carbocycles.